The summed E-state index contributed by atoms with van der Waals surface area (Å²) in [6.07, 6.45) is 1.45. The van der Waals surface area contributed by atoms with Crippen molar-refractivity contribution < 1.29 is 17.2 Å². The molecule has 0 atom stereocenters. The zero-order valence-corrected chi connectivity index (χ0v) is 12.4. The van der Waals surface area contributed by atoms with Gasteiger partial charge < -0.3 is 0 Å². The van der Waals surface area contributed by atoms with Gasteiger partial charge in [0.25, 0.3) is 0 Å². The summed E-state index contributed by atoms with van der Waals surface area (Å²) in [5.74, 6) is -1.22. The van der Waals surface area contributed by atoms with Gasteiger partial charge in [-0.3, -0.25) is 4.90 Å². The van der Waals surface area contributed by atoms with E-state index in [1.54, 1.807) is 0 Å². The van der Waals surface area contributed by atoms with Crippen LogP contribution in [-0.4, -0.2) is 52.9 Å². The monoisotopic (exact) mass is 328 g/mol. The Morgan fingerprint density at radius 3 is 2.41 bits per heavy atom. The first kappa shape index (κ1) is 15.0. The second kappa shape index (κ2) is 5.73. The number of hydrogen-bond acceptors (Lipinski definition) is 5. The Morgan fingerprint density at radius 2 is 1.77 bits per heavy atom. The van der Waals surface area contributed by atoms with Gasteiger partial charge in [-0.2, -0.15) is 0 Å². The maximum atomic E-state index is 13.7. The number of aromatic nitrogens is 3. The SMILES string of the molecule is O=S1(=O)CCN(Cc2cn(-c3c(F)cccc3F)nn2)CC1. The van der Waals surface area contributed by atoms with Crippen molar-refractivity contribution in [3.63, 3.8) is 0 Å². The molecule has 0 bridgehead atoms. The van der Waals surface area contributed by atoms with Gasteiger partial charge in [0, 0.05) is 19.6 Å². The van der Waals surface area contributed by atoms with Crippen LogP contribution in [0.4, 0.5) is 8.78 Å². The molecule has 1 aromatic carbocycles. The number of para-hydroxylation sites is 1. The Balaban J connectivity index is 1.75. The van der Waals surface area contributed by atoms with Crippen molar-refractivity contribution >= 4 is 9.84 Å². The number of hydrogen-bond donors (Lipinski definition) is 0. The van der Waals surface area contributed by atoms with Crippen molar-refractivity contribution in [2.24, 2.45) is 0 Å². The van der Waals surface area contributed by atoms with Crippen molar-refractivity contribution in [1.82, 2.24) is 19.9 Å². The maximum Gasteiger partial charge on any atom is 0.152 e. The van der Waals surface area contributed by atoms with Crippen LogP contribution in [0.25, 0.3) is 5.69 Å². The summed E-state index contributed by atoms with van der Waals surface area (Å²) in [6.45, 7) is 1.23. The Kier molecular flexibility index (Phi) is 3.92. The molecule has 118 valence electrons. The number of benzene rings is 1. The molecule has 1 aliphatic rings. The lowest BCUT2D eigenvalue weighted by Crippen LogP contribution is -2.39. The summed E-state index contributed by atoms with van der Waals surface area (Å²) in [6, 6.07) is 3.57. The lowest BCUT2D eigenvalue weighted by molar-refractivity contribution is 0.284. The van der Waals surface area contributed by atoms with Gasteiger partial charge in [-0.25, -0.2) is 21.9 Å². The minimum absolute atomic E-state index is 0.114. The smallest absolute Gasteiger partial charge is 0.152 e. The third-order valence-corrected chi connectivity index (χ3v) is 5.14. The Bertz CT molecular complexity index is 757. The summed E-state index contributed by atoms with van der Waals surface area (Å²) < 4.78 is 51.2. The second-order valence-electron chi connectivity index (χ2n) is 5.15. The molecule has 0 saturated carbocycles. The van der Waals surface area contributed by atoms with Crippen molar-refractivity contribution in [1.29, 1.82) is 0 Å². The second-order valence-corrected chi connectivity index (χ2v) is 7.46. The first-order valence-electron chi connectivity index (χ1n) is 6.73. The van der Waals surface area contributed by atoms with Gasteiger partial charge in [-0.15, -0.1) is 5.10 Å². The van der Waals surface area contributed by atoms with Crippen molar-refractivity contribution in [2.45, 2.75) is 6.54 Å². The largest absolute Gasteiger partial charge is 0.295 e. The molecule has 22 heavy (non-hydrogen) atoms. The highest BCUT2D eigenvalue weighted by molar-refractivity contribution is 7.91. The molecule has 2 heterocycles. The van der Waals surface area contributed by atoms with Gasteiger partial charge >= 0.3 is 0 Å². The van der Waals surface area contributed by atoms with Crippen molar-refractivity contribution in [3.05, 3.63) is 41.7 Å². The summed E-state index contributed by atoms with van der Waals surface area (Å²) in [7, 11) is -2.94. The standard InChI is InChI=1S/C13H14F2N4O2S/c14-11-2-1-3-12(15)13(11)19-9-10(16-17-19)8-18-4-6-22(20,21)7-5-18/h1-3,9H,4-8H2. The molecular weight excluding hydrogens is 314 g/mol. The number of sulfone groups is 1. The molecule has 2 aromatic rings. The van der Waals surface area contributed by atoms with Crippen LogP contribution in [0.1, 0.15) is 5.69 Å². The van der Waals surface area contributed by atoms with Crippen LogP contribution in [0.2, 0.25) is 0 Å². The summed E-state index contributed by atoms with van der Waals surface area (Å²) in [4.78, 5) is 1.92. The van der Waals surface area contributed by atoms with Gasteiger partial charge in [-0.1, -0.05) is 11.3 Å². The molecular formula is C13H14F2N4O2S. The van der Waals surface area contributed by atoms with Gasteiger partial charge in [-0.05, 0) is 12.1 Å². The number of halogens is 2. The molecule has 6 nitrogen and oxygen atoms in total. The van der Waals surface area contributed by atoms with Crippen LogP contribution in [0.5, 0.6) is 0 Å². The molecule has 1 fully saturated rings. The average Bonchev–Trinajstić information content (AvgIpc) is 2.89. The van der Waals surface area contributed by atoms with Crippen LogP contribution >= 0.6 is 0 Å². The average molecular weight is 328 g/mol. The molecule has 0 radical (unpaired) electrons. The number of rotatable bonds is 3. The van der Waals surface area contributed by atoms with E-state index in [0.29, 0.717) is 25.3 Å². The van der Waals surface area contributed by atoms with Crippen LogP contribution in [-0.2, 0) is 16.4 Å². The van der Waals surface area contributed by atoms with E-state index in [2.05, 4.69) is 10.3 Å². The van der Waals surface area contributed by atoms with E-state index < -0.39 is 21.5 Å². The normalized spacial score (nSPS) is 18.5. The van der Waals surface area contributed by atoms with Gasteiger partial charge in [0.15, 0.2) is 21.5 Å². The number of nitrogens with zero attached hydrogens (tertiary/aromatic N) is 4. The lowest BCUT2D eigenvalue weighted by atomic mass is 10.3. The molecule has 1 aliphatic heterocycles. The maximum absolute atomic E-state index is 13.7. The highest BCUT2D eigenvalue weighted by Crippen LogP contribution is 2.17. The minimum Gasteiger partial charge on any atom is -0.295 e. The molecule has 1 saturated heterocycles. The fraction of sp³-hybridized carbons (Fsp3) is 0.385. The van der Waals surface area contributed by atoms with E-state index in [1.165, 1.54) is 12.3 Å². The van der Waals surface area contributed by atoms with Gasteiger partial charge in [0.05, 0.1) is 23.4 Å². The molecule has 0 aliphatic carbocycles. The van der Waals surface area contributed by atoms with Crippen LogP contribution in [0.3, 0.4) is 0 Å². The van der Waals surface area contributed by atoms with Crippen LogP contribution in [0, 0.1) is 11.6 Å². The molecule has 1 aromatic heterocycles. The molecule has 0 unspecified atom stereocenters. The quantitative estimate of drug-likeness (QED) is 0.833. The van der Waals surface area contributed by atoms with E-state index in [0.717, 1.165) is 16.8 Å². The van der Waals surface area contributed by atoms with E-state index in [9.17, 15) is 17.2 Å². The van der Waals surface area contributed by atoms with E-state index in [4.69, 9.17) is 0 Å². The van der Waals surface area contributed by atoms with E-state index in [1.807, 2.05) is 4.90 Å². The molecule has 0 spiro atoms. The van der Waals surface area contributed by atoms with Crippen molar-refractivity contribution in [2.75, 3.05) is 24.6 Å². The minimum atomic E-state index is -2.94. The zero-order valence-electron chi connectivity index (χ0n) is 11.6. The molecule has 0 N–H and O–H groups in total. The van der Waals surface area contributed by atoms with Crippen molar-refractivity contribution in [3.8, 4) is 5.69 Å². The first-order valence-corrected chi connectivity index (χ1v) is 8.55. The topological polar surface area (TPSA) is 68.1 Å². The highest BCUT2D eigenvalue weighted by Gasteiger charge is 2.22. The highest BCUT2D eigenvalue weighted by atomic mass is 32.2. The molecule has 0 amide bonds. The predicted octanol–water partition coefficient (Wildman–Crippen LogP) is 0.776. The summed E-state index contributed by atoms with van der Waals surface area (Å²) in [5.41, 5.74) is 0.254. The fourth-order valence-electron chi connectivity index (χ4n) is 2.33. The van der Waals surface area contributed by atoms with E-state index in [-0.39, 0.29) is 17.2 Å². The third kappa shape index (κ3) is 3.14. The van der Waals surface area contributed by atoms with Gasteiger partial charge in [0.1, 0.15) is 5.69 Å². The van der Waals surface area contributed by atoms with Crippen LogP contribution < -0.4 is 0 Å². The fourth-order valence-corrected chi connectivity index (χ4v) is 3.60. The predicted molar refractivity (Wildman–Crippen MR) is 75.2 cm³/mol. The van der Waals surface area contributed by atoms with Crippen LogP contribution in [0.15, 0.2) is 24.4 Å². The Morgan fingerprint density at radius 1 is 1.14 bits per heavy atom. The van der Waals surface area contributed by atoms with Gasteiger partial charge in [0.2, 0.25) is 0 Å². The summed E-state index contributed by atoms with van der Waals surface area (Å²) in [5, 5.41) is 7.64. The first-order chi connectivity index (χ1) is 10.4. The molecule has 9 heteroatoms. The van der Waals surface area contributed by atoms with E-state index >= 15 is 0 Å². The Hall–Kier alpha value is -1.87. The molecule has 3 rings (SSSR count). The lowest BCUT2D eigenvalue weighted by Gasteiger charge is -2.25. The Labute approximate surface area is 126 Å². The third-order valence-electron chi connectivity index (χ3n) is 3.53. The summed E-state index contributed by atoms with van der Waals surface area (Å²) >= 11 is 0. The zero-order chi connectivity index (χ0) is 15.7.